The Morgan fingerprint density at radius 1 is 0.889 bits per heavy atom. The minimum atomic E-state index is -0.273. The Hall–Kier alpha value is -1.12. The molecule has 0 amide bonds. The van der Waals surface area contributed by atoms with Crippen LogP contribution in [0.25, 0.3) is 0 Å². The van der Waals surface area contributed by atoms with E-state index in [-0.39, 0.29) is 5.97 Å². The van der Waals surface area contributed by atoms with Crippen molar-refractivity contribution in [1.29, 1.82) is 0 Å². The third kappa shape index (κ3) is 12.9. The number of allylic oxidation sites excluding steroid dienone is 1. The summed E-state index contributed by atoms with van der Waals surface area (Å²) in [6.07, 6.45) is 15.7. The molecular formula is C15H26O3. The van der Waals surface area contributed by atoms with E-state index in [1.165, 1.54) is 51.7 Å². The highest BCUT2D eigenvalue weighted by Crippen LogP contribution is 2.10. The van der Waals surface area contributed by atoms with Gasteiger partial charge in [-0.3, -0.25) is 0 Å². The summed E-state index contributed by atoms with van der Waals surface area (Å²) in [4.78, 5) is 20.9. The molecule has 0 saturated heterocycles. The van der Waals surface area contributed by atoms with Gasteiger partial charge in [0.2, 0.25) is 0 Å². The van der Waals surface area contributed by atoms with Gasteiger partial charge in [0.15, 0.2) is 0 Å². The molecule has 0 fully saturated rings. The zero-order chi connectivity index (χ0) is 13.5. The van der Waals surface area contributed by atoms with E-state index in [0.29, 0.717) is 6.42 Å². The Labute approximate surface area is 111 Å². The van der Waals surface area contributed by atoms with Crippen LogP contribution in [0.3, 0.4) is 0 Å². The van der Waals surface area contributed by atoms with E-state index < -0.39 is 0 Å². The van der Waals surface area contributed by atoms with E-state index in [4.69, 9.17) is 0 Å². The van der Waals surface area contributed by atoms with Crippen LogP contribution in [-0.4, -0.2) is 19.4 Å². The maximum atomic E-state index is 10.8. The fourth-order valence-electron chi connectivity index (χ4n) is 1.80. The number of hydrogen-bond donors (Lipinski definition) is 0. The van der Waals surface area contributed by atoms with Gasteiger partial charge in [0, 0.05) is 12.5 Å². The first-order valence-corrected chi connectivity index (χ1v) is 6.99. The third-order valence-electron chi connectivity index (χ3n) is 2.90. The number of methoxy groups -OCH3 is 1. The van der Waals surface area contributed by atoms with E-state index in [1.807, 2.05) is 6.08 Å². The lowest BCUT2D eigenvalue weighted by molar-refractivity contribution is -0.134. The quantitative estimate of drug-likeness (QED) is 0.230. The van der Waals surface area contributed by atoms with Crippen LogP contribution >= 0.6 is 0 Å². The molecule has 3 heteroatoms. The Bertz CT molecular complexity index is 234. The van der Waals surface area contributed by atoms with Crippen LogP contribution in [0.4, 0.5) is 0 Å². The zero-order valence-electron chi connectivity index (χ0n) is 11.5. The number of rotatable bonds is 12. The lowest BCUT2D eigenvalue weighted by atomic mass is 10.1. The van der Waals surface area contributed by atoms with E-state index in [2.05, 4.69) is 4.74 Å². The van der Waals surface area contributed by atoms with Gasteiger partial charge in [0.05, 0.1) is 7.11 Å². The Balaban J connectivity index is 3.09. The lowest BCUT2D eigenvalue weighted by Gasteiger charge is -2.00. The van der Waals surface area contributed by atoms with Crippen molar-refractivity contribution >= 4 is 12.3 Å². The largest absolute Gasteiger partial charge is 0.466 e. The zero-order valence-corrected chi connectivity index (χ0v) is 11.5. The summed E-state index contributed by atoms with van der Waals surface area (Å²) >= 11 is 0. The predicted octanol–water partition coefficient (Wildman–Crippen LogP) is 3.82. The van der Waals surface area contributed by atoms with Gasteiger partial charge in [-0.25, -0.2) is 4.79 Å². The number of unbranched alkanes of at least 4 members (excludes halogenated alkanes) is 9. The molecule has 3 nitrogen and oxygen atoms in total. The fourth-order valence-corrected chi connectivity index (χ4v) is 1.80. The second-order valence-electron chi connectivity index (χ2n) is 4.50. The van der Waals surface area contributed by atoms with Gasteiger partial charge in [0.1, 0.15) is 6.29 Å². The molecule has 0 atom stereocenters. The molecule has 0 aliphatic rings. The second-order valence-corrected chi connectivity index (χ2v) is 4.50. The van der Waals surface area contributed by atoms with Crippen LogP contribution in [0.15, 0.2) is 12.2 Å². The van der Waals surface area contributed by atoms with Gasteiger partial charge >= 0.3 is 5.97 Å². The summed E-state index contributed by atoms with van der Waals surface area (Å²) in [6, 6.07) is 0. The summed E-state index contributed by atoms with van der Waals surface area (Å²) in [5, 5.41) is 0. The van der Waals surface area contributed by atoms with Crippen molar-refractivity contribution < 1.29 is 14.3 Å². The SMILES string of the molecule is COC(=O)C=CCCCCCCCCCCC=O. The minimum absolute atomic E-state index is 0.273. The molecule has 0 aliphatic heterocycles. The molecule has 0 aromatic rings. The summed E-state index contributed by atoms with van der Waals surface area (Å²) in [6.45, 7) is 0. The topological polar surface area (TPSA) is 43.4 Å². The normalized spacial score (nSPS) is 10.7. The predicted molar refractivity (Wildman–Crippen MR) is 73.4 cm³/mol. The molecule has 18 heavy (non-hydrogen) atoms. The fraction of sp³-hybridized carbons (Fsp3) is 0.733. The van der Waals surface area contributed by atoms with Crippen molar-refractivity contribution in [3.8, 4) is 0 Å². The van der Waals surface area contributed by atoms with E-state index in [9.17, 15) is 9.59 Å². The molecule has 104 valence electrons. The maximum absolute atomic E-state index is 10.8. The molecule has 0 rings (SSSR count). The number of aldehydes is 1. The summed E-state index contributed by atoms with van der Waals surface area (Å²) in [5.74, 6) is -0.273. The number of carbonyl (C=O) groups is 2. The first-order chi connectivity index (χ1) is 8.81. The monoisotopic (exact) mass is 254 g/mol. The molecule has 0 heterocycles. The van der Waals surface area contributed by atoms with Crippen molar-refractivity contribution in [3.05, 3.63) is 12.2 Å². The van der Waals surface area contributed by atoms with Crippen LogP contribution in [0.1, 0.15) is 64.2 Å². The minimum Gasteiger partial charge on any atom is -0.466 e. The maximum Gasteiger partial charge on any atom is 0.330 e. The smallest absolute Gasteiger partial charge is 0.330 e. The van der Waals surface area contributed by atoms with Gasteiger partial charge in [-0.05, 0) is 19.3 Å². The Morgan fingerprint density at radius 2 is 1.39 bits per heavy atom. The Kier molecular flexibility index (Phi) is 13.1. The van der Waals surface area contributed by atoms with Crippen LogP contribution in [0.5, 0.6) is 0 Å². The van der Waals surface area contributed by atoms with E-state index in [1.54, 1.807) is 0 Å². The van der Waals surface area contributed by atoms with Crippen molar-refractivity contribution in [3.63, 3.8) is 0 Å². The molecule has 0 N–H and O–H groups in total. The molecule has 0 aromatic heterocycles. The summed E-state index contributed by atoms with van der Waals surface area (Å²) in [5.41, 5.74) is 0. The van der Waals surface area contributed by atoms with Crippen molar-refractivity contribution in [2.75, 3.05) is 7.11 Å². The van der Waals surface area contributed by atoms with Crippen LogP contribution in [-0.2, 0) is 14.3 Å². The second kappa shape index (κ2) is 13.9. The van der Waals surface area contributed by atoms with Gasteiger partial charge in [-0.1, -0.05) is 44.6 Å². The van der Waals surface area contributed by atoms with Crippen LogP contribution < -0.4 is 0 Å². The highest BCUT2D eigenvalue weighted by molar-refractivity contribution is 5.81. The number of hydrogen-bond acceptors (Lipinski definition) is 3. The van der Waals surface area contributed by atoms with Gasteiger partial charge in [-0.15, -0.1) is 0 Å². The molecule has 0 bridgehead atoms. The summed E-state index contributed by atoms with van der Waals surface area (Å²) in [7, 11) is 1.39. The van der Waals surface area contributed by atoms with E-state index in [0.717, 1.165) is 25.5 Å². The molecule has 0 aliphatic carbocycles. The standard InChI is InChI=1S/C15H26O3/c1-18-15(17)13-11-9-7-5-3-2-4-6-8-10-12-14-16/h11,13-14H,2-10,12H2,1H3. The highest BCUT2D eigenvalue weighted by Gasteiger charge is 1.93. The van der Waals surface area contributed by atoms with Gasteiger partial charge in [-0.2, -0.15) is 0 Å². The van der Waals surface area contributed by atoms with Gasteiger partial charge < -0.3 is 9.53 Å². The highest BCUT2D eigenvalue weighted by atomic mass is 16.5. The summed E-state index contributed by atoms with van der Waals surface area (Å²) < 4.78 is 4.50. The van der Waals surface area contributed by atoms with E-state index >= 15 is 0 Å². The van der Waals surface area contributed by atoms with Crippen molar-refractivity contribution in [2.45, 2.75) is 64.2 Å². The molecule has 0 saturated carbocycles. The average molecular weight is 254 g/mol. The van der Waals surface area contributed by atoms with Crippen molar-refractivity contribution in [1.82, 2.24) is 0 Å². The van der Waals surface area contributed by atoms with Crippen molar-refractivity contribution in [2.24, 2.45) is 0 Å². The Morgan fingerprint density at radius 3 is 1.89 bits per heavy atom. The number of esters is 1. The lowest BCUT2D eigenvalue weighted by Crippen LogP contribution is -1.93. The number of ether oxygens (including phenoxy) is 1. The first kappa shape index (κ1) is 16.9. The molecular weight excluding hydrogens is 228 g/mol. The first-order valence-electron chi connectivity index (χ1n) is 6.99. The van der Waals surface area contributed by atoms with Crippen LogP contribution in [0.2, 0.25) is 0 Å². The average Bonchev–Trinajstić information content (AvgIpc) is 2.39. The number of carbonyl (C=O) groups excluding carboxylic acids is 2. The van der Waals surface area contributed by atoms with Crippen LogP contribution in [0, 0.1) is 0 Å². The molecule has 0 aromatic carbocycles. The third-order valence-corrected chi connectivity index (χ3v) is 2.90. The molecule has 0 radical (unpaired) electrons. The van der Waals surface area contributed by atoms with Gasteiger partial charge in [0.25, 0.3) is 0 Å². The molecule has 0 spiro atoms. The molecule has 0 unspecified atom stereocenters.